The Bertz CT molecular complexity index is 570. The molecule has 3 rings (SSSR count). The summed E-state index contributed by atoms with van der Waals surface area (Å²) in [5, 5.41) is 0. The maximum absolute atomic E-state index is 5.53. The predicted molar refractivity (Wildman–Crippen MR) is 80.9 cm³/mol. The van der Waals surface area contributed by atoms with Gasteiger partial charge in [-0.1, -0.05) is 6.92 Å². The summed E-state index contributed by atoms with van der Waals surface area (Å²) >= 11 is 0. The summed E-state index contributed by atoms with van der Waals surface area (Å²) in [6, 6.07) is 6.05. The Morgan fingerprint density at radius 2 is 2.15 bits per heavy atom. The van der Waals surface area contributed by atoms with Gasteiger partial charge in [-0.25, -0.2) is 4.98 Å². The molecule has 1 aromatic heterocycles. The topological polar surface area (TPSA) is 41.1 Å². The Hall–Kier alpha value is -1.55. The fraction of sp³-hybridized carbons (Fsp3) is 0.562. The molecule has 2 aromatic rings. The Labute approximate surface area is 120 Å². The molecule has 0 aliphatic carbocycles. The SMILES string of the molecule is CCOc1ccc2nc(CN3CCC(C)CC3)[nH]c2c1. The number of imidazole rings is 1. The maximum Gasteiger partial charge on any atom is 0.121 e. The summed E-state index contributed by atoms with van der Waals surface area (Å²) in [6.45, 7) is 8.32. The average Bonchev–Trinajstić information content (AvgIpc) is 2.83. The molecule has 1 aliphatic rings. The number of piperidine rings is 1. The second-order valence-electron chi connectivity index (χ2n) is 5.75. The molecule has 1 saturated heterocycles. The summed E-state index contributed by atoms with van der Waals surface area (Å²) in [6.07, 6.45) is 2.60. The van der Waals surface area contributed by atoms with E-state index in [0.717, 1.165) is 35.1 Å². The molecule has 108 valence electrons. The molecule has 1 aliphatic heterocycles. The number of benzene rings is 1. The number of H-pyrrole nitrogens is 1. The first kappa shape index (κ1) is 13.4. The van der Waals surface area contributed by atoms with Gasteiger partial charge in [0.05, 0.1) is 24.2 Å². The zero-order valence-electron chi connectivity index (χ0n) is 12.4. The van der Waals surface area contributed by atoms with Gasteiger partial charge in [-0.15, -0.1) is 0 Å². The average molecular weight is 273 g/mol. The van der Waals surface area contributed by atoms with Crippen LogP contribution in [0.5, 0.6) is 5.75 Å². The van der Waals surface area contributed by atoms with Gasteiger partial charge in [0.2, 0.25) is 0 Å². The number of ether oxygens (including phenoxy) is 1. The minimum atomic E-state index is 0.693. The number of fused-ring (bicyclic) bond motifs is 1. The molecule has 0 atom stereocenters. The minimum absolute atomic E-state index is 0.693. The summed E-state index contributed by atoms with van der Waals surface area (Å²) < 4.78 is 5.53. The van der Waals surface area contributed by atoms with Crippen LogP contribution in [0.25, 0.3) is 11.0 Å². The van der Waals surface area contributed by atoms with Gasteiger partial charge in [0.25, 0.3) is 0 Å². The van der Waals surface area contributed by atoms with Crippen LogP contribution in [0.2, 0.25) is 0 Å². The zero-order chi connectivity index (χ0) is 13.9. The monoisotopic (exact) mass is 273 g/mol. The van der Waals surface area contributed by atoms with Crippen LogP contribution in [0.1, 0.15) is 32.5 Å². The molecule has 4 heteroatoms. The van der Waals surface area contributed by atoms with Crippen molar-refractivity contribution in [3.8, 4) is 5.75 Å². The molecule has 0 amide bonds. The van der Waals surface area contributed by atoms with Gasteiger partial charge in [-0.3, -0.25) is 4.90 Å². The van der Waals surface area contributed by atoms with Gasteiger partial charge in [-0.2, -0.15) is 0 Å². The summed E-state index contributed by atoms with van der Waals surface area (Å²) in [4.78, 5) is 10.6. The van der Waals surface area contributed by atoms with Crippen molar-refractivity contribution in [1.82, 2.24) is 14.9 Å². The van der Waals surface area contributed by atoms with Crippen LogP contribution >= 0.6 is 0 Å². The first-order valence-corrected chi connectivity index (χ1v) is 7.58. The molecule has 2 heterocycles. The van der Waals surface area contributed by atoms with E-state index in [-0.39, 0.29) is 0 Å². The Morgan fingerprint density at radius 1 is 1.35 bits per heavy atom. The van der Waals surface area contributed by atoms with Gasteiger partial charge >= 0.3 is 0 Å². The highest BCUT2D eigenvalue weighted by Crippen LogP contribution is 2.21. The first-order valence-electron chi connectivity index (χ1n) is 7.58. The third-order valence-corrected chi connectivity index (χ3v) is 4.06. The minimum Gasteiger partial charge on any atom is -0.494 e. The largest absolute Gasteiger partial charge is 0.494 e. The normalized spacial score (nSPS) is 17.7. The summed E-state index contributed by atoms with van der Waals surface area (Å²) in [7, 11) is 0. The summed E-state index contributed by atoms with van der Waals surface area (Å²) in [5.74, 6) is 2.83. The van der Waals surface area contributed by atoms with Gasteiger partial charge in [-0.05, 0) is 50.9 Å². The van der Waals surface area contributed by atoms with E-state index >= 15 is 0 Å². The Morgan fingerprint density at radius 3 is 2.90 bits per heavy atom. The van der Waals surface area contributed by atoms with Crippen LogP contribution in [0.3, 0.4) is 0 Å². The number of hydrogen-bond donors (Lipinski definition) is 1. The Kier molecular flexibility index (Phi) is 3.92. The standard InChI is InChI=1S/C16H23N3O/c1-3-20-13-4-5-14-15(10-13)18-16(17-14)11-19-8-6-12(2)7-9-19/h4-5,10,12H,3,6-9,11H2,1-2H3,(H,17,18). The van der Waals surface area contributed by atoms with Gasteiger partial charge < -0.3 is 9.72 Å². The van der Waals surface area contributed by atoms with Crippen molar-refractivity contribution < 1.29 is 4.74 Å². The molecular formula is C16H23N3O. The smallest absolute Gasteiger partial charge is 0.121 e. The molecule has 0 unspecified atom stereocenters. The van der Waals surface area contributed by atoms with E-state index in [0.29, 0.717) is 6.61 Å². The van der Waals surface area contributed by atoms with Crippen molar-refractivity contribution in [1.29, 1.82) is 0 Å². The molecule has 0 bridgehead atoms. The van der Waals surface area contributed by atoms with Crippen LogP contribution in [-0.4, -0.2) is 34.6 Å². The lowest BCUT2D eigenvalue weighted by Gasteiger charge is -2.29. The zero-order valence-corrected chi connectivity index (χ0v) is 12.4. The van der Waals surface area contributed by atoms with Crippen molar-refractivity contribution in [2.75, 3.05) is 19.7 Å². The number of nitrogens with zero attached hydrogens (tertiary/aromatic N) is 2. The molecule has 1 N–H and O–H groups in total. The molecule has 1 aromatic carbocycles. The lowest BCUT2D eigenvalue weighted by atomic mass is 9.99. The van der Waals surface area contributed by atoms with Crippen LogP contribution in [0.4, 0.5) is 0 Å². The molecule has 1 fully saturated rings. The van der Waals surface area contributed by atoms with Gasteiger partial charge in [0, 0.05) is 6.07 Å². The fourth-order valence-corrected chi connectivity index (χ4v) is 2.80. The molecule has 0 saturated carbocycles. The molecule has 0 spiro atoms. The highest BCUT2D eigenvalue weighted by Gasteiger charge is 2.17. The maximum atomic E-state index is 5.53. The van der Waals surface area contributed by atoms with E-state index < -0.39 is 0 Å². The van der Waals surface area contributed by atoms with Crippen LogP contribution < -0.4 is 4.74 Å². The molecule has 4 nitrogen and oxygen atoms in total. The van der Waals surface area contributed by atoms with Crippen molar-refractivity contribution in [2.24, 2.45) is 5.92 Å². The second kappa shape index (κ2) is 5.83. The number of likely N-dealkylation sites (tertiary alicyclic amines) is 1. The van der Waals surface area contributed by atoms with Gasteiger partial charge in [0.1, 0.15) is 11.6 Å². The first-order chi connectivity index (χ1) is 9.74. The van der Waals surface area contributed by atoms with Crippen molar-refractivity contribution in [3.05, 3.63) is 24.0 Å². The number of hydrogen-bond acceptors (Lipinski definition) is 3. The highest BCUT2D eigenvalue weighted by molar-refractivity contribution is 5.76. The number of aromatic amines is 1. The van der Waals surface area contributed by atoms with Crippen molar-refractivity contribution in [2.45, 2.75) is 33.2 Å². The molecule has 20 heavy (non-hydrogen) atoms. The highest BCUT2D eigenvalue weighted by atomic mass is 16.5. The third-order valence-electron chi connectivity index (χ3n) is 4.06. The quantitative estimate of drug-likeness (QED) is 0.930. The number of nitrogens with one attached hydrogen (secondary N) is 1. The predicted octanol–water partition coefficient (Wildman–Crippen LogP) is 3.19. The number of aromatic nitrogens is 2. The van der Waals surface area contributed by atoms with Crippen molar-refractivity contribution in [3.63, 3.8) is 0 Å². The van der Waals surface area contributed by atoms with E-state index in [1.54, 1.807) is 0 Å². The third kappa shape index (κ3) is 2.96. The fourth-order valence-electron chi connectivity index (χ4n) is 2.80. The van der Waals surface area contributed by atoms with E-state index in [4.69, 9.17) is 4.74 Å². The van der Waals surface area contributed by atoms with Crippen molar-refractivity contribution >= 4 is 11.0 Å². The lowest BCUT2D eigenvalue weighted by molar-refractivity contribution is 0.182. The van der Waals surface area contributed by atoms with E-state index in [1.165, 1.54) is 25.9 Å². The van der Waals surface area contributed by atoms with Gasteiger partial charge in [0.15, 0.2) is 0 Å². The molecule has 0 radical (unpaired) electrons. The lowest BCUT2D eigenvalue weighted by Crippen LogP contribution is -2.32. The van der Waals surface area contributed by atoms with E-state index in [1.807, 2.05) is 25.1 Å². The van der Waals surface area contributed by atoms with Crippen LogP contribution in [0.15, 0.2) is 18.2 Å². The molecular weight excluding hydrogens is 250 g/mol. The van der Waals surface area contributed by atoms with E-state index in [9.17, 15) is 0 Å². The van der Waals surface area contributed by atoms with Crippen LogP contribution in [0, 0.1) is 5.92 Å². The summed E-state index contributed by atoms with van der Waals surface area (Å²) in [5.41, 5.74) is 2.09. The van der Waals surface area contributed by atoms with E-state index in [2.05, 4.69) is 21.8 Å². The number of rotatable bonds is 4. The second-order valence-corrected chi connectivity index (χ2v) is 5.75. The Balaban J connectivity index is 1.72. The van der Waals surface area contributed by atoms with Crippen LogP contribution in [-0.2, 0) is 6.54 Å².